The van der Waals surface area contributed by atoms with Crippen molar-refractivity contribution in [2.75, 3.05) is 5.73 Å². The second-order valence-corrected chi connectivity index (χ2v) is 5.98. The first-order valence-corrected chi connectivity index (χ1v) is 7.14. The molecule has 2 atom stereocenters. The molecule has 0 aliphatic heterocycles. The van der Waals surface area contributed by atoms with Crippen LogP contribution in [0.1, 0.15) is 32.2 Å². The van der Waals surface area contributed by atoms with Crippen molar-refractivity contribution in [1.29, 1.82) is 0 Å². The van der Waals surface area contributed by atoms with Gasteiger partial charge in [0.2, 0.25) is 6.33 Å². The number of nitrogens with zero attached hydrogens (tertiary/aromatic N) is 4. The van der Waals surface area contributed by atoms with Crippen molar-refractivity contribution < 1.29 is 4.57 Å². The summed E-state index contributed by atoms with van der Waals surface area (Å²) >= 11 is 0. The van der Waals surface area contributed by atoms with Gasteiger partial charge in [-0.3, -0.25) is 0 Å². The molecule has 1 fully saturated rings. The summed E-state index contributed by atoms with van der Waals surface area (Å²) in [6, 6.07) is 0.528. The van der Waals surface area contributed by atoms with Gasteiger partial charge in [0.05, 0.1) is 5.39 Å². The Labute approximate surface area is 116 Å². The number of nitrogens with one attached hydrogen (secondary N) is 1. The molecule has 6 nitrogen and oxygen atoms in total. The van der Waals surface area contributed by atoms with E-state index < -0.39 is 0 Å². The maximum absolute atomic E-state index is 6.09. The number of nitrogens with two attached hydrogens (primary N) is 1. The van der Waals surface area contributed by atoms with Crippen LogP contribution in [0, 0.1) is 5.92 Å². The lowest BCUT2D eigenvalue weighted by atomic mass is 10.1. The lowest BCUT2D eigenvalue weighted by Crippen LogP contribution is -2.37. The third-order valence-corrected chi connectivity index (χ3v) is 4.55. The highest BCUT2D eigenvalue weighted by molar-refractivity contribution is 6.06. The van der Waals surface area contributed by atoms with Gasteiger partial charge in [0.25, 0.3) is 0 Å². The second kappa shape index (κ2) is 3.94. The fourth-order valence-electron chi connectivity index (χ4n) is 3.53. The van der Waals surface area contributed by atoms with Crippen LogP contribution in [0.2, 0.25) is 0 Å². The molecule has 0 bridgehead atoms. The first-order valence-electron chi connectivity index (χ1n) is 7.14. The third kappa shape index (κ3) is 1.47. The van der Waals surface area contributed by atoms with Crippen molar-refractivity contribution in [3.63, 3.8) is 0 Å². The first kappa shape index (κ1) is 11.7. The number of aryl methyl sites for hydroxylation is 1. The molecule has 6 heteroatoms. The van der Waals surface area contributed by atoms with E-state index in [1.54, 1.807) is 11.0 Å². The number of nitrogen functional groups attached to an aromatic ring is 1. The van der Waals surface area contributed by atoms with Gasteiger partial charge in [0.1, 0.15) is 23.3 Å². The lowest BCUT2D eigenvalue weighted by Gasteiger charge is -2.05. The summed E-state index contributed by atoms with van der Waals surface area (Å²) in [5.41, 5.74) is 8.06. The molecule has 0 spiro atoms. The molecule has 1 aliphatic rings. The van der Waals surface area contributed by atoms with E-state index in [4.69, 9.17) is 5.73 Å². The summed E-state index contributed by atoms with van der Waals surface area (Å²) in [4.78, 5) is 7.73. The summed E-state index contributed by atoms with van der Waals surface area (Å²) in [7, 11) is 1.90. The highest BCUT2D eigenvalue weighted by Gasteiger charge is 2.31. The van der Waals surface area contributed by atoms with E-state index in [0.717, 1.165) is 28.0 Å². The van der Waals surface area contributed by atoms with Gasteiger partial charge in [0, 0.05) is 7.05 Å². The summed E-state index contributed by atoms with van der Waals surface area (Å²) in [6.45, 7) is 2.32. The van der Waals surface area contributed by atoms with Crippen LogP contribution in [0.15, 0.2) is 12.5 Å². The average molecular weight is 271 g/mol. The number of aromatic nitrogens is 5. The summed E-state index contributed by atoms with van der Waals surface area (Å²) in [5.74, 6) is 1.35. The molecule has 0 saturated heterocycles. The third-order valence-electron chi connectivity index (χ3n) is 4.55. The van der Waals surface area contributed by atoms with Crippen LogP contribution in [0.25, 0.3) is 22.1 Å². The van der Waals surface area contributed by atoms with Crippen LogP contribution >= 0.6 is 0 Å². The van der Waals surface area contributed by atoms with Crippen molar-refractivity contribution in [3.8, 4) is 0 Å². The zero-order valence-electron chi connectivity index (χ0n) is 11.8. The fourth-order valence-corrected chi connectivity index (χ4v) is 3.53. The van der Waals surface area contributed by atoms with Crippen LogP contribution in [-0.2, 0) is 7.05 Å². The van der Waals surface area contributed by atoms with Crippen LogP contribution in [0.4, 0.5) is 5.82 Å². The topological polar surface area (TPSA) is 76.4 Å². The zero-order valence-corrected chi connectivity index (χ0v) is 11.8. The molecule has 104 valence electrons. The van der Waals surface area contributed by atoms with E-state index in [0.29, 0.717) is 11.9 Å². The smallest absolute Gasteiger partial charge is 0.336 e. The van der Waals surface area contributed by atoms with Gasteiger partial charge in [-0.15, -0.1) is 0 Å². The van der Waals surface area contributed by atoms with Crippen LogP contribution < -0.4 is 10.3 Å². The van der Waals surface area contributed by atoms with E-state index in [2.05, 4.69) is 32.8 Å². The number of hydrogen-bond donors (Lipinski definition) is 2. The number of H-pyrrole nitrogens is 1. The standard InChI is InChI=1S/C14H18N6/c1-8-3-4-9(5-8)20-6-10-11-13(16-7-17-14(11)20)19(2)18-12(10)15/h6-9H,3-5H2,1-2H3,(H2,15,18)/p+1/t8-,9+/m1/s1. The molecule has 1 saturated carbocycles. The molecule has 1 aliphatic carbocycles. The highest BCUT2D eigenvalue weighted by Crippen LogP contribution is 2.33. The molecule has 0 unspecified atom stereocenters. The van der Waals surface area contributed by atoms with Crippen molar-refractivity contribution in [2.45, 2.75) is 32.2 Å². The Morgan fingerprint density at radius 1 is 1.45 bits per heavy atom. The van der Waals surface area contributed by atoms with Gasteiger partial charge < -0.3 is 10.7 Å². The van der Waals surface area contributed by atoms with Gasteiger partial charge in [0.15, 0.2) is 5.82 Å². The monoisotopic (exact) mass is 271 g/mol. The molecule has 3 aromatic heterocycles. The zero-order chi connectivity index (χ0) is 13.9. The molecule has 0 amide bonds. The van der Waals surface area contributed by atoms with Gasteiger partial charge in [-0.05, 0) is 30.2 Å². The molecule has 3 aromatic rings. The molecule has 3 N–H and O–H groups in total. The van der Waals surface area contributed by atoms with Crippen LogP contribution in [-0.4, -0.2) is 19.7 Å². The average Bonchev–Trinajstić information content (AvgIpc) is 3.00. The number of aromatic amines is 1. The second-order valence-electron chi connectivity index (χ2n) is 5.98. The largest absolute Gasteiger partial charge is 0.382 e. The van der Waals surface area contributed by atoms with Gasteiger partial charge in [-0.25, -0.2) is 9.25 Å². The molecule has 4 rings (SSSR count). The summed E-state index contributed by atoms with van der Waals surface area (Å²) < 4.78 is 4.08. The van der Waals surface area contributed by atoms with Crippen molar-refractivity contribution in [2.24, 2.45) is 13.0 Å². The Morgan fingerprint density at radius 3 is 3.05 bits per heavy atom. The Bertz CT molecular complexity index is 799. The Kier molecular flexibility index (Phi) is 2.31. The fraction of sp³-hybridized carbons (Fsp3) is 0.500. The number of hydrogen-bond acceptors (Lipinski definition) is 3. The predicted molar refractivity (Wildman–Crippen MR) is 77.0 cm³/mol. The number of rotatable bonds is 1. The molecule has 0 aromatic carbocycles. The summed E-state index contributed by atoms with van der Waals surface area (Å²) in [6.07, 6.45) is 7.58. The van der Waals surface area contributed by atoms with E-state index in [1.165, 1.54) is 19.3 Å². The van der Waals surface area contributed by atoms with Crippen LogP contribution in [0.3, 0.4) is 0 Å². The minimum atomic E-state index is 0.528. The van der Waals surface area contributed by atoms with Crippen molar-refractivity contribution in [1.82, 2.24) is 19.7 Å². The van der Waals surface area contributed by atoms with E-state index in [9.17, 15) is 0 Å². The lowest BCUT2D eigenvalue weighted by molar-refractivity contribution is -0.696. The molecule has 3 heterocycles. The molecular weight excluding hydrogens is 252 g/mol. The Morgan fingerprint density at radius 2 is 2.30 bits per heavy atom. The van der Waals surface area contributed by atoms with Gasteiger partial charge >= 0.3 is 5.65 Å². The quantitative estimate of drug-likeness (QED) is 0.661. The van der Waals surface area contributed by atoms with Crippen molar-refractivity contribution >= 4 is 27.9 Å². The Hall–Kier alpha value is -2.11. The normalized spacial score (nSPS) is 23.1. The SMILES string of the molecule is C[C@@H]1CC[C@H]([n+]2cc3c(N)nn(C)c4[nH]cnc2c34)C1. The van der Waals surface area contributed by atoms with E-state index >= 15 is 0 Å². The first-order chi connectivity index (χ1) is 9.65. The number of anilines is 1. The van der Waals surface area contributed by atoms with E-state index in [-0.39, 0.29) is 0 Å². The minimum Gasteiger partial charge on any atom is -0.382 e. The van der Waals surface area contributed by atoms with Gasteiger partial charge in [-0.2, -0.15) is 5.10 Å². The minimum absolute atomic E-state index is 0.528. The predicted octanol–water partition coefficient (Wildman–Crippen LogP) is 1.68. The summed E-state index contributed by atoms with van der Waals surface area (Å²) in [5, 5.41) is 6.44. The maximum Gasteiger partial charge on any atom is 0.336 e. The molecule has 0 radical (unpaired) electrons. The highest BCUT2D eigenvalue weighted by atomic mass is 15.3. The maximum atomic E-state index is 6.09. The van der Waals surface area contributed by atoms with Crippen molar-refractivity contribution in [3.05, 3.63) is 12.5 Å². The van der Waals surface area contributed by atoms with Gasteiger partial charge in [-0.1, -0.05) is 6.92 Å². The molecular formula is C14H19N6+. The van der Waals surface area contributed by atoms with E-state index in [1.807, 2.05) is 7.05 Å². The Balaban J connectivity index is 2.04. The molecule has 20 heavy (non-hydrogen) atoms. The van der Waals surface area contributed by atoms with Crippen LogP contribution in [0.5, 0.6) is 0 Å².